The van der Waals surface area contributed by atoms with Gasteiger partial charge >= 0.3 is 6.09 Å². The molecule has 206 valence electrons. The molecule has 8 heteroatoms. The maximum Gasteiger partial charge on any atom is 0.407 e. The largest absolute Gasteiger partial charge is 0.465 e. The van der Waals surface area contributed by atoms with Gasteiger partial charge in [0.25, 0.3) is 0 Å². The Bertz CT molecular complexity index is 1170. The van der Waals surface area contributed by atoms with E-state index in [1.54, 1.807) is 6.07 Å². The van der Waals surface area contributed by atoms with Crippen LogP contribution in [0.25, 0.3) is 11.1 Å². The Kier molecular flexibility index (Phi) is 8.65. The van der Waals surface area contributed by atoms with Crippen molar-refractivity contribution in [2.45, 2.75) is 88.8 Å². The third kappa shape index (κ3) is 6.13. The van der Waals surface area contributed by atoms with Crippen LogP contribution in [0.5, 0.6) is 0 Å². The third-order valence-electron chi connectivity index (χ3n) is 8.05. The van der Waals surface area contributed by atoms with E-state index in [0.717, 1.165) is 36.0 Å². The molecule has 0 radical (unpaired) electrons. The first kappa shape index (κ1) is 28.7. The Balaban J connectivity index is 1.62. The molecule has 1 saturated carbocycles. The zero-order chi connectivity index (χ0) is 27.7. The van der Waals surface area contributed by atoms with Crippen LogP contribution in [0.2, 0.25) is 10.0 Å². The Morgan fingerprint density at radius 2 is 1.61 bits per heavy atom. The van der Waals surface area contributed by atoms with Crippen molar-refractivity contribution >= 4 is 35.2 Å². The molecule has 2 N–H and O–H groups in total. The van der Waals surface area contributed by atoms with Crippen LogP contribution in [0.15, 0.2) is 42.5 Å². The van der Waals surface area contributed by atoms with Crippen molar-refractivity contribution in [3.05, 3.63) is 58.1 Å². The topological polar surface area (TPSA) is 81.1 Å². The molecule has 2 amide bonds. The summed E-state index contributed by atoms with van der Waals surface area (Å²) in [5.41, 5.74) is 0.931. The van der Waals surface area contributed by atoms with Gasteiger partial charge < -0.3 is 20.0 Å². The van der Waals surface area contributed by atoms with E-state index in [0.29, 0.717) is 48.8 Å². The molecule has 38 heavy (non-hydrogen) atoms. The van der Waals surface area contributed by atoms with Crippen molar-refractivity contribution in [1.29, 1.82) is 0 Å². The summed E-state index contributed by atoms with van der Waals surface area (Å²) in [7, 11) is 0. The van der Waals surface area contributed by atoms with Gasteiger partial charge in [0.15, 0.2) is 0 Å². The lowest BCUT2D eigenvalue weighted by molar-refractivity contribution is -0.143. The minimum Gasteiger partial charge on any atom is -0.465 e. The van der Waals surface area contributed by atoms with Gasteiger partial charge in [0, 0.05) is 24.7 Å². The smallest absolute Gasteiger partial charge is 0.407 e. The van der Waals surface area contributed by atoms with Crippen molar-refractivity contribution in [2.24, 2.45) is 0 Å². The molecule has 1 aliphatic heterocycles. The first-order chi connectivity index (χ1) is 17.9. The molecule has 0 bridgehead atoms. The normalized spacial score (nSPS) is 19.2. The van der Waals surface area contributed by atoms with Crippen LogP contribution in [0.4, 0.5) is 4.79 Å². The molecule has 2 aromatic rings. The number of aliphatic hydroxyl groups is 1. The van der Waals surface area contributed by atoms with Gasteiger partial charge in [0.2, 0.25) is 5.91 Å². The average Bonchev–Trinajstić information content (AvgIpc) is 2.85. The van der Waals surface area contributed by atoms with Crippen molar-refractivity contribution in [3.8, 4) is 11.1 Å². The second-order valence-electron chi connectivity index (χ2n) is 11.7. The van der Waals surface area contributed by atoms with Gasteiger partial charge in [0.1, 0.15) is 0 Å². The number of piperidine rings is 1. The van der Waals surface area contributed by atoms with E-state index in [1.165, 1.54) is 4.90 Å². The second-order valence-corrected chi connectivity index (χ2v) is 12.5. The minimum atomic E-state index is -1.12. The van der Waals surface area contributed by atoms with Crippen molar-refractivity contribution in [2.75, 3.05) is 13.1 Å². The summed E-state index contributed by atoms with van der Waals surface area (Å²) in [5, 5.41) is 22.6. The summed E-state index contributed by atoms with van der Waals surface area (Å²) in [6, 6.07) is 13.1. The summed E-state index contributed by atoms with van der Waals surface area (Å²) in [6.45, 7) is 6.61. The minimum absolute atomic E-state index is 0.0863. The van der Waals surface area contributed by atoms with Crippen LogP contribution in [0.1, 0.15) is 77.2 Å². The molecule has 1 unspecified atom stereocenters. The molecule has 0 spiro atoms. The molecule has 1 atom stereocenters. The number of halogens is 2. The third-order valence-corrected chi connectivity index (χ3v) is 8.79. The molecule has 1 aliphatic carbocycles. The lowest BCUT2D eigenvalue weighted by atomic mass is 9.71. The van der Waals surface area contributed by atoms with E-state index in [1.807, 2.05) is 62.1 Å². The fourth-order valence-corrected chi connectivity index (χ4v) is 6.52. The van der Waals surface area contributed by atoms with E-state index in [-0.39, 0.29) is 11.9 Å². The van der Waals surface area contributed by atoms with Crippen LogP contribution in [0, 0.1) is 0 Å². The molecule has 4 rings (SSSR count). The van der Waals surface area contributed by atoms with Crippen molar-refractivity contribution < 1.29 is 19.8 Å². The Morgan fingerprint density at radius 1 is 0.974 bits per heavy atom. The molecule has 2 aliphatic rings. The van der Waals surface area contributed by atoms with Gasteiger partial charge in [-0.15, -0.1) is 0 Å². The number of amides is 2. The fraction of sp³-hybridized carbons (Fsp3) is 0.533. The zero-order valence-corrected chi connectivity index (χ0v) is 23.9. The fourth-order valence-electron chi connectivity index (χ4n) is 6.23. The lowest BCUT2D eigenvalue weighted by Crippen LogP contribution is -2.56. The predicted octanol–water partition coefficient (Wildman–Crippen LogP) is 7.21. The molecular weight excluding hydrogens is 523 g/mol. The van der Waals surface area contributed by atoms with Gasteiger partial charge in [-0.2, -0.15) is 0 Å². The SMILES string of the molecule is CC(C)(C)N(C(=O)O)C1CCN(C(=O)C(c2cccc(-c3ccc(Cl)c(Cl)c3)c2)C2(O)CCCCC2)CC1. The lowest BCUT2D eigenvalue weighted by Gasteiger charge is -2.45. The summed E-state index contributed by atoms with van der Waals surface area (Å²) in [4.78, 5) is 29.5. The van der Waals surface area contributed by atoms with Crippen LogP contribution >= 0.6 is 23.2 Å². The van der Waals surface area contributed by atoms with E-state index in [2.05, 4.69) is 0 Å². The van der Waals surface area contributed by atoms with Gasteiger partial charge in [-0.05, 0) is 75.3 Å². The van der Waals surface area contributed by atoms with Crippen molar-refractivity contribution in [3.63, 3.8) is 0 Å². The Hall–Kier alpha value is -2.28. The first-order valence-corrected chi connectivity index (χ1v) is 14.2. The maximum atomic E-state index is 14.2. The molecule has 2 fully saturated rings. The standard InChI is InChI=1S/C30H38Cl2N2O4/c1-29(2,3)34(28(36)37)23-12-16-33(17-13-23)27(35)26(30(38)14-5-4-6-15-30)22-9-7-8-20(18-22)21-10-11-24(31)25(32)19-21/h7-11,18-19,23,26,38H,4-6,12-17H2,1-3H3,(H,36,37). The maximum absolute atomic E-state index is 14.2. The predicted molar refractivity (Wildman–Crippen MR) is 152 cm³/mol. The van der Waals surface area contributed by atoms with Crippen LogP contribution in [0.3, 0.4) is 0 Å². The number of hydrogen-bond acceptors (Lipinski definition) is 3. The van der Waals surface area contributed by atoms with Gasteiger partial charge in [0.05, 0.1) is 21.6 Å². The summed E-state index contributed by atoms with van der Waals surface area (Å²) < 4.78 is 0. The number of nitrogens with zero attached hydrogens (tertiary/aromatic N) is 2. The number of benzene rings is 2. The number of carbonyl (C=O) groups excluding carboxylic acids is 1. The highest BCUT2D eigenvalue weighted by atomic mass is 35.5. The van der Waals surface area contributed by atoms with Crippen LogP contribution in [-0.2, 0) is 4.79 Å². The van der Waals surface area contributed by atoms with E-state index in [9.17, 15) is 19.8 Å². The number of carbonyl (C=O) groups is 2. The molecule has 1 saturated heterocycles. The molecule has 0 aromatic heterocycles. The van der Waals surface area contributed by atoms with Gasteiger partial charge in [-0.1, -0.05) is 72.8 Å². The molecular formula is C30H38Cl2N2O4. The second kappa shape index (κ2) is 11.4. The molecule has 1 heterocycles. The summed E-state index contributed by atoms with van der Waals surface area (Å²) in [6.07, 6.45) is 4.18. The average molecular weight is 562 g/mol. The van der Waals surface area contributed by atoms with E-state index >= 15 is 0 Å². The van der Waals surface area contributed by atoms with Gasteiger partial charge in [-0.3, -0.25) is 4.79 Å². The zero-order valence-electron chi connectivity index (χ0n) is 22.4. The van der Waals surface area contributed by atoms with Crippen LogP contribution in [-0.4, -0.2) is 62.3 Å². The number of hydrogen-bond donors (Lipinski definition) is 2. The summed E-state index contributed by atoms with van der Waals surface area (Å²) >= 11 is 12.4. The molecule has 2 aromatic carbocycles. The first-order valence-electron chi connectivity index (χ1n) is 13.5. The highest BCUT2D eigenvalue weighted by Crippen LogP contribution is 2.42. The monoisotopic (exact) mass is 560 g/mol. The molecule has 6 nitrogen and oxygen atoms in total. The number of rotatable bonds is 5. The highest BCUT2D eigenvalue weighted by molar-refractivity contribution is 6.42. The van der Waals surface area contributed by atoms with E-state index in [4.69, 9.17) is 23.2 Å². The Morgan fingerprint density at radius 3 is 2.18 bits per heavy atom. The van der Waals surface area contributed by atoms with Crippen molar-refractivity contribution in [1.82, 2.24) is 9.80 Å². The van der Waals surface area contributed by atoms with Crippen LogP contribution < -0.4 is 0 Å². The van der Waals surface area contributed by atoms with Gasteiger partial charge in [-0.25, -0.2) is 4.79 Å². The number of likely N-dealkylation sites (tertiary alicyclic amines) is 1. The Labute approximate surface area is 235 Å². The van der Waals surface area contributed by atoms with E-state index < -0.39 is 23.2 Å². The summed E-state index contributed by atoms with van der Waals surface area (Å²) in [5.74, 6) is -0.781. The quantitative estimate of drug-likeness (QED) is 0.404. The number of carboxylic acid groups (broad SMARTS) is 1. The highest BCUT2D eigenvalue weighted by Gasteiger charge is 2.46.